The van der Waals surface area contributed by atoms with Gasteiger partial charge in [-0.3, -0.25) is 19.9 Å². The summed E-state index contributed by atoms with van der Waals surface area (Å²) in [5, 5.41) is 15.2. The Labute approximate surface area is 237 Å². The molecule has 0 aliphatic rings. The molecule has 3 aromatic carbocycles. The minimum Gasteiger partial charge on any atom is -0.493 e. The van der Waals surface area contributed by atoms with Crippen LogP contribution in [-0.4, -0.2) is 34.5 Å². The summed E-state index contributed by atoms with van der Waals surface area (Å²) in [4.78, 5) is 31.8. The number of non-ortho nitro benzene ring substituents is 1. The fourth-order valence-electron chi connectivity index (χ4n) is 4.83. The second kappa shape index (κ2) is 12.8. The maximum Gasteiger partial charge on any atom is 0.270 e. The van der Waals surface area contributed by atoms with Gasteiger partial charge in [-0.15, -0.1) is 0 Å². The summed E-state index contributed by atoms with van der Waals surface area (Å²) in [6.07, 6.45) is 4.28. The van der Waals surface area contributed by atoms with Crippen LogP contribution in [0, 0.1) is 10.1 Å². The molecular weight excluding hydrogens is 520 g/mol. The molecule has 9 heteroatoms. The maximum absolute atomic E-state index is 13.2. The van der Waals surface area contributed by atoms with Crippen molar-refractivity contribution in [2.45, 2.75) is 25.4 Å². The number of nitrogens with one attached hydrogen (secondary N) is 2. The Bertz CT molecular complexity index is 1640. The number of aromatic amines is 1. The molecule has 5 aromatic rings. The summed E-state index contributed by atoms with van der Waals surface area (Å²) in [5.74, 6) is 0.560. The van der Waals surface area contributed by atoms with E-state index >= 15 is 0 Å². The molecule has 0 saturated heterocycles. The Morgan fingerprint density at radius 3 is 2.61 bits per heavy atom. The van der Waals surface area contributed by atoms with E-state index in [4.69, 9.17) is 9.47 Å². The van der Waals surface area contributed by atoms with Crippen molar-refractivity contribution in [2.75, 3.05) is 13.7 Å². The summed E-state index contributed by atoms with van der Waals surface area (Å²) in [6.45, 7) is 0.822. The van der Waals surface area contributed by atoms with Crippen molar-refractivity contribution >= 4 is 22.5 Å². The minimum atomic E-state index is -0.419. The molecule has 41 heavy (non-hydrogen) atoms. The number of H-pyrrole nitrogens is 1. The van der Waals surface area contributed by atoms with Crippen LogP contribution in [-0.2, 0) is 17.8 Å². The van der Waals surface area contributed by atoms with Gasteiger partial charge in [-0.05, 0) is 47.0 Å². The van der Waals surface area contributed by atoms with Gasteiger partial charge in [0.25, 0.3) is 5.69 Å². The van der Waals surface area contributed by atoms with Crippen molar-refractivity contribution in [3.63, 3.8) is 0 Å². The van der Waals surface area contributed by atoms with E-state index in [1.165, 1.54) is 6.07 Å². The number of fused-ring (bicyclic) bond motifs is 1. The van der Waals surface area contributed by atoms with Crippen LogP contribution in [0.2, 0.25) is 0 Å². The van der Waals surface area contributed by atoms with Crippen LogP contribution in [0.25, 0.3) is 10.9 Å². The molecule has 1 atom stereocenters. The fraction of sp³-hybridized carbons (Fsp3) is 0.188. The van der Waals surface area contributed by atoms with Crippen molar-refractivity contribution < 1.29 is 19.2 Å². The molecule has 0 saturated carbocycles. The highest BCUT2D eigenvalue weighted by Crippen LogP contribution is 2.38. The second-order valence-electron chi connectivity index (χ2n) is 9.59. The Balaban J connectivity index is 1.43. The lowest BCUT2D eigenvalue weighted by Gasteiger charge is -2.19. The average Bonchev–Trinajstić information content (AvgIpc) is 3.43. The summed E-state index contributed by atoms with van der Waals surface area (Å²) in [7, 11) is 1.57. The van der Waals surface area contributed by atoms with Gasteiger partial charge in [-0.2, -0.15) is 0 Å². The molecule has 0 spiro atoms. The Morgan fingerprint density at radius 1 is 1.02 bits per heavy atom. The SMILES string of the molecule is COc1cc(C(CC(=O)NCCc2ccccn2)c2c[nH]c3ccc([N+](=O)[O-])cc23)ccc1OCc1ccccc1. The first-order chi connectivity index (χ1) is 20.0. The van der Waals surface area contributed by atoms with Crippen LogP contribution >= 0.6 is 0 Å². The molecule has 1 unspecified atom stereocenters. The molecule has 9 nitrogen and oxygen atoms in total. The van der Waals surface area contributed by atoms with E-state index < -0.39 is 10.8 Å². The molecule has 2 heterocycles. The van der Waals surface area contributed by atoms with Gasteiger partial charge in [0.2, 0.25) is 5.91 Å². The number of hydrogen-bond donors (Lipinski definition) is 2. The van der Waals surface area contributed by atoms with E-state index in [1.54, 1.807) is 25.4 Å². The molecule has 0 aliphatic carbocycles. The van der Waals surface area contributed by atoms with Gasteiger partial charge in [0.15, 0.2) is 11.5 Å². The van der Waals surface area contributed by atoms with Gasteiger partial charge in [-0.25, -0.2) is 0 Å². The third-order valence-corrected chi connectivity index (χ3v) is 6.93. The predicted molar refractivity (Wildman–Crippen MR) is 156 cm³/mol. The number of nitrogens with zero attached hydrogens (tertiary/aromatic N) is 2. The summed E-state index contributed by atoms with van der Waals surface area (Å²) < 4.78 is 11.7. The zero-order valence-corrected chi connectivity index (χ0v) is 22.6. The maximum atomic E-state index is 13.2. The number of carbonyl (C=O) groups is 1. The smallest absolute Gasteiger partial charge is 0.270 e. The number of methoxy groups -OCH3 is 1. The molecule has 0 fully saturated rings. The fourth-order valence-corrected chi connectivity index (χ4v) is 4.83. The monoisotopic (exact) mass is 550 g/mol. The third kappa shape index (κ3) is 6.70. The first kappa shape index (κ1) is 27.4. The lowest BCUT2D eigenvalue weighted by Crippen LogP contribution is -2.27. The molecule has 0 bridgehead atoms. The highest BCUT2D eigenvalue weighted by molar-refractivity contribution is 5.87. The molecule has 2 N–H and O–H groups in total. The summed E-state index contributed by atoms with van der Waals surface area (Å²) in [6, 6.07) is 25.8. The van der Waals surface area contributed by atoms with Crippen LogP contribution in [0.5, 0.6) is 11.5 Å². The molecule has 2 aromatic heterocycles. The number of aromatic nitrogens is 2. The lowest BCUT2D eigenvalue weighted by molar-refractivity contribution is -0.384. The van der Waals surface area contributed by atoms with Gasteiger partial charge < -0.3 is 19.8 Å². The van der Waals surface area contributed by atoms with Crippen LogP contribution in [0.4, 0.5) is 5.69 Å². The molecule has 1 amide bonds. The first-order valence-electron chi connectivity index (χ1n) is 13.3. The quantitative estimate of drug-likeness (QED) is 0.147. The Hall–Kier alpha value is -5.18. The lowest BCUT2D eigenvalue weighted by atomic mass is 9.87. The van der Waals surface area contributed by atoms with Gasteiger partial charge in [0, 0.05) is 66.4 Å². The van der Waals surface area contributed by atoms with Crippen LogP contribution < -0.4 is 14.8 Å². The van der Waals surface area contributed by atoms with Crippen LogP contribution in [0.1, 0.15) is 34.7 Å². The van der Waals surface area contributed by atoms with E-state index in [2.05, 4.69) is 15.3 Å². The van der Waals surface area contributed by atoms with Gasteiger partial charge >= 0.3 is 0 Å². The van der Waals surface area contributed by atoms with E-state index in [-0.39, 0.29) is 18.0 Å². The number of nitro benzene ring substituents is 1. The number of nitro groups is 1. The Morgan fingerprint density at radius 2 is 1.85 bits per heavy atom. The second-order valence-corrected chi connectivity index (χ2v) is 9.59. The summed E-state index contributed by atoms with van der Waals surface area (Å²) in [5.41, 5.74) is 4.26. The zero-order chi connectivity index (χ0) is 28.6. The summed E-state index contributed by atoms with van der Waals surface area (Å²) >= 11 is 0. The number of ether oxygens (including phenoxy) is 2. The van der Waals surface area contributed by atoms with Crippen molar-refractivity contribution in [2.24, 2.45) is 0 Å². The number of amides is 1. The topological polar surface area (TPSA) is 119 Å². The molecular formula is C32H30N4O5. The van der Waals surface area contributed by atoms with E-state index in [0.717, 1.165) is 27.9 Å². The van der Waals surface area contributed by atoms with Crippen molar-refractivity contribution in [1.29, 1.82) is 0 Å². The highest BCUT2D eigenvalue weighted by Gasteiger charge is 2.24. The van der Waals surface area contributed by atoms with Gasteiger partial charge in [0.1, 0.15) is 6.61 Å². The molecule has 5 rings (SSSR count). The normalized spacial score (nSPS) is 11.6. The van der Waals surface area contributed by atoms with E-state index in [0.29, 0.717) is 36.5 Å². The largest absolute Gasteiger partial charge is 0.493 e. The Kier molecular flexibility index (Phi) is 8.54. The van der Waals surface area contributed by atoms with Gasteiger partial charge in [-0.1, -0.05) is 42.5 Å². The van der Waals surface area contributed by atoms with Crippen molar-refractivity contribution in [1.82, 2.24) is 15.3 Å². The van der Waals surface area contributed by atoms with Crippen LogP contribution in [0.3, 0.4) is 0 Å². The van der Waals surface area contributed by atoms with Crippen molar-refractivity contribution in [3.8, 4) is 11.5 Å². The number of rotatable bonds is 12. The number of hydrogen-bond acceptors (Lipinski definition) is 6. The first-order valence-corrected chi connectivity index (χ1v) is 13.3. The number of benzene rings is 3. The van der Waals surface area contributed by atoms with E-state index in [9.17, 15) is 14.9 Å². The molecule has 0 aliphatic heterocycles. The standard InChI is InChI=1S/C32H30N4O5/c1-40-31-17-23(10-13-30(31)41-21-22-7-3-2-4-8-22)26(19-32(37)34-16-14-24-9-5-6-15-33-24)28-20-35-29-12-11-25(36(38)39)18-27(28)29/h2-13,15,17-18,20,26,35H,14,16,19,21H2,1H3,(H,34,37). The molecule has 208 valence electrons. The highest BCUT2D eigenvalue weighted by atomic mass is 16.6. The third-order valence-electron chi connectivity index (χ3n) is 6.93. The van der Waals surface area contributed by atoms with Crippen molar-refractivity contribution in [3.05, 3.63) is 130 Å². The number of carbonyl (C=O) groups excluding carboxylic acids is 1. The number of pyridine rings is 1. The van der Waals surface area contributed by atoms with Crippen LogP contribution in [0.15, 0.2) is 97.3 Å². The average molecular weight is 551 g/mol. The predicted octanol–water partition coefficient (Wildman–Crippen LogP) is 5.94. The zero-order valence-electron chi connectivity index (χ0n) is 22.6. The minimum absolute atomic E-state index is 0.0147. The van der Waals surface area contributed by atoms with E-state index in [1.807, 2.05) is 72.9 Å². The van der Waals surface area contributed by atoms with Gasteiger partial charge in [0.05, 0.1) is 12.0 Å². The molecule has 0 radical (unpaired) electrons.